The second kappa shape index (κ2) is 10.2. The minimum Gasteiger partial charge on any atom is -0.497 e. The van der Waals surface area contributed by atoms with Crippen molar-refractivity contribution in [3.8, 4) is 22.0 Å². The highest BCUT2D eigenvalue weighted by Gasteiger charge is 2.29. The predicted octanol–water partition coefficient (Wildman–Crippen LogP) is 5.53. The van der Waals surface area contributed by atoms with Gasteiger partial charge < -0.3 is 4.74 Å². The zero-order chi connectivity index (χ0) is 24.3. The molecule has 0 atom stereocenters. The maximum atomic E-state index is 13.5. The molecule has 180 valence electrons. The first-order chi connectivity index (χ1) is 17.1. The van der Waals surface area contributed by atoms with E-state index < -0.39 is 10.0 Å². The largest absolute Gasteiger partial charge is 0.497 e. The Morgan fingerprint density at radius 3 is 2.54 bits per heavy atom. The Morgan fingerprint density at radius 2 is 1.83 bits per heavy atom. The molecule has 3 heterocycles. The van der Waals surface area contributed by atoms with Crippen LogP contribution in [-0.4, -0.2) is 48.9 Å². The monoisotopic (exact) mass is 506 g/mol. The third kappa shape index (κ3) is 4.93. The van der Waals surface area contributed by atoms with Crippen molar-refractivity contribution in [3.63, 3.8) is 0 Å². The first-order valence-electron chi connectivity index (χ1n) is 11.5. The molecule has 35 heavy (non-hydrogen) atoms. The van der Waals surface area contributed by atoms with E-state index in [0.29, 0.717) is 24.5 Å². The number of benzene rings is 2. The predicted molar refractivity (Wildman–Crippen MR) is 140 cm³/mol. The fraction of sp³-hybridized carbons (Fsp3) is 0.231. The molecule has 2 aromatic carbocycles. The molecule has 0 spiro atoms. The highest BCUT2D eigenvalue weighted by molar-refractivity contribution is 7.89. The summed E-state index contributed by atoms with van der Waals surface area (Å²) in [5.74, 6) is 0.482. The van der Waals surface area contributed by atoms with Crippen LogP contribution in [0.5, 0.6) is 5.75 Å². The molecule has 0 saturated carbocycles. The molecule has 7 nitrogen and oxygen atoms in total. The van der Waals surface area contributed by atoms with Gasteiger partial charge in [-0.05, 0) is 48.6 Å². The Balaban J connectivity index is 1.57. The molecule has 1 aliphatic rings. The van der Waals surface area contributed by atoms with Crippen molar-refractivity contribution in [2.24, 2.45) is 4.99 Å². The zero-order valence-electron chi connectivity index (χ0n) is 19.4. The second-order valence-corrected chi connectivity index (χ2v) is 11.1. The van der Waals surface area contributed by atoms with Crippen LogP contribution in [0.2, 0.25) is 0 Å². The Hall–Kier alpha value is -3.27. The summed E-state index contributed by atoms with van der Waals surface area (Å²) in [6.45, 7) is 1.05. The lowest BCUT2D eigenvalue weighted by molar-refractivity contribution is 0.346. The summed E-state index contributed by atoms with van der Waals surface area (Å²) in [6, 6.07) is 18.8. The summed E-state index contributed by atoms with van der Waals surface area (Å²) < 4.78 is 35.7. The van der Waals surface area contributed by atoms with E-state index in [2.05, 4.69) is 4.99 Å². The second-order valence-electron chi connectivity index (χ2n) is 8.25. The SMILES string of the molecule is COc1ccc(N=Cc2cn(-c3ccccc3)nc2-c2cccs2)c(S(=O)(=O)N2CCCCC2)c1. The number of nitrogens with zero attached hydrogens (tertiary/aromatic N) is 4. The van der Waals surface area contributed by atoms with Gasteiger partial charge in [-0.1, -0.05) is 30.7 Å². The molecule has 0 radical (unpaired) electrons. The van der Waals surface area contributed by atoms with Crippen molar-refractivity contribution < 1.29 is 13.2 Å². The fourth-order valence-electron chi connectivity index (χ4n) is 4.12. The number of hydrogen-bond donors (Lipinski definition) is 0. The van der Waals surface area contributed by atoms with Gasteiger partial charge >= 0.3 is 0 Å². The van der Waals surface area contributed by atoms with E-state index in [1.807, 2.05) is 58.7 Å². The van der Waals surface area contributed by atoms with Crippen LogP contribution < -0.4 is 4.74 Å². The molecule has 0 aliphatic carbocycles. The van der Waals surface area contributed by atoms with Crippen molar-refractivity contribution in [2.45, 2.75) is 24.2 Å². The summed E-state index contributed by atoms with van der Waals surface area (Å²) in [5.41, 5.74) is 2.90. The van der Waals surface area contributed by atoms with Crippen molar-refractivity contribution in [1.82, 2.24) is 14.1 Å². The number of rotatable bonds is 7. The molecule has 5 rings (SSSR count). The van der Waals surface area contributed by atoms with Gasteiger partial charge in [0.1, 0.15) is 16.3 Å². The van der Waals surface area contributed by atoms with E-state index >= 15 is 0 Å². The lowest BCUT2D eigenvalue weighted by Gasteiger charge is -2.26. The maximum Gasteiger partial charge on any atom is 0.245 e. The van der Waals surface area contributed by atoms with Gasteiger partial charge in [-0.3, -0.25) is 4.99 Å². The molecular weight excluding hydrogens is 480 g/mol. The van der Waals surface area contributed by atoms with E-state index in [4.69, 9.17) is 9.84 Å². The van der Waals surface area contributed by atoms with Gasteiger partial charge in [0.15, 0.2) is 0 Å². The lowest BCUT2D eigenvalue weighted by atomic mass is 10.2. The number of ether oxygens (including phenoxy) is 1. The minimum absolute atomic E-state index is 0.156. The highest BCUT2D eigenvalue weighted by atomic mass is 32.2. The average molecular weight is 507 g/mol. The Kier molecular flexibility index (Phi) is 6.81. The number of methoxy groups -OCH3 is 1. The Morgan fingerprint density at radius 1 is 1.03 bits per heavy atom. The summed E-state index contributed by atoms with van der Waals surface area (Å²) in [4.78, 5) is 5.82. The fourth-order valence-corrected chi connectivity index (χ4v) is 6.52. The third-order valence-electron chi connectivity index (χ3n) is 5.96. The quantitative estimate of drug-likeness (QED) is 0.309. The van der Waals surface area contributed by atoms with Gasteiger partial charge in [0.25, 0.3) is 0 Å². The van der Waals surface area contributed by atoms with Gasteiger partial charge in [0.05, 0.1) is 23.4 Å². The van der Waals surface area contributed by atoms with Crippen molar-refractivity contribution in [1.29, 1.82) is 0 Å². The van der Waals surface area contributed by atoms with E-state index in [-0.39, 0.29) is 4.90 Å². The summed E-state index contributed by atoms with van der Waals surface area (Å²) in [5, 5.41) is 6.80. The van der Waals surface area contributed by atoms with E-state index in [0.717, 1.165) is 41.1 Å². The Labute approximate surface area is 209 Å². The van der Waals surface area contributed by atoms with Crippen LogP contribution in [0.25, 0.3) is 16.3 Å². The van der Waals surface area contributed by atoms with Crippen LogP contribution in [-0.2, 0) is 10.0 Å². The summed E-state index contributed by atoms with van der Waals surface area (Å²) >= 11 is 1.59. The van der Waals surface area contributed by atoms with E-state index in [1.54, 1.807) is 40.1 Å². The maximum absolute atomic E-state index is 13.5. The number of hydrogen-bond acceptors (Lipinski definition) is 6. The molecule has 0 amide bonds. The van der Waals surface area contributed by atoms with Crippen molar-refractivity contribution in [3.05, 3.63) is 77.8 Å². The summed E-state index contributed by atoms with van der Waals surface area (Å²) in [7, 11) is -2.17. The van der Waals surface area contributed by atoms with Gasteiger partial charge in [-0.2, -0.15) is 9.40 Å². The van der Waals surface area contributed by atoms with Gasteiger partial charge in [-0.25, -0.2) is 13.1 Å². The molecular formula is C26H26N4O3S2. The van der Waals surface area contributed by atoms with E-state index in [9.17, 15) is 8.42 Å². The first kappa shape index (κ1) is 23.5. The molecule has 0 N–H and O–H groups in total. The normalized spacial score (nSPS) is 15.0. The molecule has 0 bridgehead atoms. The molecule has 4 aromatic rings. The smallest absolute Gasteiger partial charge is 0.245 e. The Bertz CT molecular complexity index is 1420. The van der Waals surface area contributed by atoms with Crippen molar-refractivity contribution in [2.75, 3.05) is 20.2 Å². The van der Waals surface area contributed by atoms with Crippen molar-refractivity contribution >= 4 is 33.3 Å². The summed E-state index contributed by atoms with van der Waals surface area (Å²) in [6.07, 6.45) is 6.38. The third-order valence-corrected chi connectivity index (χ3v) is 8.76. The van der Waals surface area contributed by atoms with Gasteiger partial charge in [0.2, 0.25) is 10.0 Å². The average Bonchev–Trinajstić information content (AvgIpc) is 3.58. The van der Waals surface area contributed by atoms with Crippen LogP contribution in [0.15, 0.2) is 82.1 Å². The van der Waals surface area contributed by atoms with Gasteiger partial charge in [0, 0.05) is 37.1 Å². The van der Waals surface area contributed by atoms with Crippen LogP contribution in [0.1, 0.15) is 24.8 Å². The first-order valence-corrected chi connectivity index (χ1v) is 13.8. The zero-order valence-corrected chi connectivity index (χ0v) is 21.0. The number of aromatic nitrogens is 2. The lowest BCUT2D eigenvalue weighted by Crippen LogP contribution is -2.35. The molecule has 2 aromatic heterocycles. The number of para-hydroxylation sites is 1. The minimum atomic E-state index is -3.70. The molecule has 9 heteroatoms. The molecule has 1 saturated heterocycles. The standard InChI is InChI=1S/C26H26N4O3S2/c1-33-22-12-13-23(25(17-22)35(31,32)29-14-6-3-7-15-29)27-18-20-19-30(21-9-4-2-5-10-21)28-26(20)24-11-8-16-34-24/h2,4-5,8-13,16-19H,3,6-7,14-15H2,1H3. The van der Waals surface area contributed by atoms with Crippen LogP contribution in [0, 0.1) is 0 Å². The molecule has 0 unspecified atom stereocenters. The van der Waals surface area contributed by atoms with Crippen LogP contribution >= 0.6 is 11.3 Å². The van der Waals surface area contributed by atoms with Gasteiger partial charge in [-0.15, -0.1) is 11.3 Å². The van der Waals surface area contributed by atoms with E-state index in [1.165, 1.54) is 7.11 Å². The molecule has 1 fully saturated rings. The highest BCUT2D eigenvalue weighted by Crippen LogP contribution is 2.33. The number of aliphatic imine (C=N–C) groups is 1. The van der Waals surface area contributed by atoms with Crippen LogP contribution in [0.4, 0.5) is 5.69 Å². The van der Waals surface area contributed by atoms with Crippen LogP contribution in [0.3, 0.4) is 0 Å². The number of piperidine rings is 1. The number of thiophene rings is 1. The topological polar surface area (TPSA) is 76.8 Å². The number of sulfonamides is 1. The molecule has 1 aliphatic heterocycles.